The highest BCUT2D eigenvalue weighted by atomic mass is 19.1. The first-order valence-electron chi connectivity index (χ1n) is 9.91. The molecule has 1 aliphatic carbocycles. The molecule has 28 heavy (non-hydrogen) atoms. The number of aromatic nitrogens is 2. The van der Waals surface area contributed by atoms with E-state index >= 15 is 4.39 Å². The van der Waals surface area contributed by atoms with Crippen LogP contribution in [0.15, 0.2) is 24.5 Å². The van der Waals surface area contributed by atoms with Crippen molar-refractivity contribution in [3.63, 3.8) is 0 Å². The molecule has 1 aromatic carbocycles. The number of rotatable bonds is 2. The van der Waals surface area contributed by atoms with E-state index in [9.17, 15) is 4.79 Å². The summed E-state index contributed by atoms with van der Waals surface area (Å²) in [5, 5.41) is 4.49. The second-order valence-electron chi connectivity index (χ2n) is 8.59. The minimum atomic E-state index is -1.55. The Morgan fingerprint density at radius 2 is 2.14 bits per heavy atom. The first-order chi connectivity index (χ1) is 13.4. The molecule has 0 bridgehead atoms. The van der Waals surface area contributed by atoms with Gasteiger partial charge in [0.05, 0.1) is 30.1 Å². The highest BCUT2D eigenvalue weighted by molar-refractivity contribution is 5.96. The number of anilines is 1. The van der Waals surface area contributed by atoms with Gasteiger partial charge in [0.1, 0.15) is 18.0 Å². The lowest BCUT2D eigenvalue weighted by atomic mass is 9.66. The number of hydrogen-bond donors (Lipinski definition) is 0. The van der Waals surface area contributed by atoms with E-state index in [-0.39, 0.29) is 25.2 Å². The van der Waals surface area contributed by atoms with Gasteiger partial charge in [-0.05, 0) is 31.9 Å². The Kier molecular flexibility index (Phi) is 3.04. The number of carbonyl (C=O) groups excluding carboxylic acids is 1. The Bertz CT molecular complexity index is 1020. The molecular formula is C21H22FN3O3. The standard InChI is InChI=1S/C21H22FN3O3/c1-12-7-21-18-17(25(12)13(2)26)6-5-16(14-8-23-24(9-14)15-3-4-15)19(18)27-10-20(21,22)11-28-21/h5-6,8-9,12,15H,3-4,7,10-11H2,1-2H3/t12-,20?,21?/m0/s1. The Hall–Kier alpha value is -2.41. The van der Waals surface area contributed by atoms with E-state index in [0.717, 1.165) is 24.0 Å². The van der Waals surface area contributed by atoms with Gasteiger partial charge < -0.3 is 14.4 Å². The third kappa shape index (κ3) is 1.90. The monoisotopic (exact) mass is 383 g/mol. The molecule has 1 spiro atoms. The predicted octanol–water partition coefficient (Wildman–Crippen LogP) is 3.36. The van der Waals surface area contributed by atoms with E-state index in [1.54, 1.807) is 11.8 Å². The number of carbonyl (C=O) groups is 1. The van der Waals surface area contributed by atoms with Gasteiger partial charge in [-0.15, -0.1) is 0 Å². The summed E-state index contributed by atoms with van der Waals surface area (Å²) in [6.45, 7) is 3.49. The fourth-order valence-corrected chi connectivity index (χ4v) is 5.17. The summed E-state index contributed by atoms with van der Waals surface area (Å²) >= 11 is 0. The smallest absolute Gasteiger partial charge is 0.224 e. The van der Waals surface area contributed by atoms with E-state index in [1.165, 1.54) is 0 Å². The Morgan fingerprint density at radius 3 is 2.82 bits per heavy atom. The molecular weight excluding hydrogens is 361 g/mol. The summed E-state index contributed by atoms with van der Waals surface area (Å²) in [6, 6.07) is 4.19. The number of nitrogens with zero attached hydrogens (tertiary/aromatic N) is 3. The van der Waals surface area contributed by atoms with Crippen molar-refractivity contribution < 1.29 is 18.7 Å². The number of amides is 1. The van der Waals surface area contributed by atoms with Gasteiger partial charge in [-0.3, -0.25) is 9.48 Å². The van der Waals surface area contributed by atoms with Crippen LogP contribution >= 0.6 is 0 Å². The van der Waals surface area contributed by atoms with E-state index < -0.39 is 11.3 Å². The fraction of sp³-hybridized carbons (Fsp3) is 0.524. The predicted molar refractivity (Wildman–Crippen MR) is 100 cm³/mol. The van der Waals surface area contributed by atoms with E-state index in [1.807, 2.05) is 36.1 Å². The van der Waals surface area contributed by atoms with Gasteiger partial charge in [-0.1, -0.05) is 0 Å². The molecule has 146 valence electrons. The van der Waals surface area contributed by atoms with Crippen LogP contribution in [0.5, 0.6) is 5.75 Å². The van der Waals surface area contributed by atoms with Gasteiger partial charge in [0.15, 0.2) is 0 Å². The Labute approximate surface area is 162 Å². The van der Waals surface area contributed by atoms with Crippen molar-refractivity contribution >= 4 is 11.6 Å². The zero-order valence-corrected chi connectivity index (χ0v) is 15.9. The molecule has 1 saturated heterocycles. The van der Waals surface area contributed by atoms with Crippen molar-refractivity contribution in [3.05, 3.63) is 30.1 Å². The van der Waals surface area contributed by atoms with Gasteiger partial charge in [0.2, 0.25) is 11.6 Å². The van der Waals surface area contributed by atoms with Crippen LogP contribution in [0.2, 0.25) is 0 Å². The molecule has 1 aromatic heterocycles. The molecule has 1 saturated carbocycles. The molecule has 6 nitrogen and oxygen atoms in total. The van der Waals surface area contributed by atoms with E-state index in [0.29, 0.717) is 29.5 Å². The van der Waals surface area contributed by atoms with Gasteiger partial charge >= 0.3 is 0 Å². The minimum Gasteiger partial charge on any atom is -0.489 e. The van der Waals surface area contributed by atoms with Crippen LogP contribution in [0.25, 0.3) is 11.1 Å². The van der Waals surface area contributed by atoms with Crippen molar-refractivity contribution in [2.75, 3.05) is 18.1 Å². The molecule has 3 aliphatic heterocycles. The second kappa shape index (κ2) is 5.14. The third-order valence-electron chi connectivity index (χ3n) is 6.71. The summed E-state index contributed by atoms with van der Waals surface area (Å²) in [4.78, 5) is 14.1. The Balaban J connectivity index is 1.57. The third-order valence-corrected chi connectivity index (χ3v) is 6.71. The molecule has 1 amide bonds. The van der Waals surface area contributed by atoms with Crippen LogP contribution in [-0.2, 0) is 15.1 Å². The molecule has 4 aliphatic rings. The number of halogens is 1. The molecule has 3 atom stereocenters. The van der Waals surface area contributed by atoms with Crippen LogP contribution in [-0.4, -0.2) is 40.6 Å². The Morgan fingerprint density at radius 1 is 1.32 bits per heavy atom. The largest absolute Gasteiger partial charge is 0.489 e. The summed E-state index contributed by atoms with van der Waals surface area (Å²) < 4.78 is 29.6. The number of benzene rings is 1. The maximum Gasteiger partial charge on any atom is 0.224 e. The molecule has 0 radical (unpaired) electrons. The van der Waals surface area contributed by atoms with Crippen molar-refractivity contribution in [1.29, 1.82) is 0 Å². The van der Waals surface area contributed by atoms with Crippen LogP contribution in [0.1, 0.15) is 44.7 Å². The summed E-state index contributed by atoms with van der Waals surface area (Å²) in [5.41, 5.74) is 0.601. The molecule has 2 unspecified atom stereocenters. The van der Waals surface area contributed by atoms with Crippen molar-refractivity contribution in [2.24, 2.45) is 0 Å². The quantitative estimate of drug-likeness (QED) is 0.798. The van der Waals surface area contributed by atoms with Crippen LogP contribution in [0.3, 0.4) is 0 Å². The van der Waals surface area contributed by atoms with Gasteiger partial charge in [-0.25, -0.2) is 4.39 Å². The normalized spacial score (nSPS) is 32.8. The van der Waals surface area contributed by atoms with Crippen LogP contribution < -0.4 is 9.64 Å². The number of hydrogen-bond acceptors (Lipinski definition) is 4. The molecule has 2 aromatic rings. The summed E-state index contributed by atoms with van der Waals surface area (Å²) in [6.07, 6.45) is 6.60. The highest BCUT2D eigenvalue weighted by Gasteiger charge is 2.70. The highest BCUT2D eigenvalue weighted by Crippen LogP contribution is 2.63. The number of alkyl halides is 1. The maximum atomic E-state index is 15.7. The average Bonchev–Trinajstić information content (AvgIpc) is 3.39. The average molecular weight is 383 g/mol. The molecule has 7 heteroatoms. The van der Waals surface area contributed by atoms with Crippen LogP contribution in [0, 0.1) is 0 Å². The topological polar surface area (TPSA) is 56.6 Å². The van der Waals surface area contributed by atoms with Gasteiger partial charge in [-0.2, -0.15) is 5.10 Å². The lowest BCUT2D eigenvalue weighted by Gasteiger charge is -2.60. The SMILES string of the molecule is CC(=O)N1c2ccc(-c3cnn(C4CC4)c3)c3c2C2(C[C@@H]1C)OCC2(F)CO3. The van der Waals surface area contributed by atoms with Crippen molar-refractivity contribution in [2.45, 2.75) is 56.5 Å². The van der Waals surface area contributed by atoms with Gasteiger partial charge in [0, 0.05) is 36.7 Å². The molecule has 0 N–H and O–H groups in total. The van der Waals surface area contributed by atoms with Crippen molar-refractivity contribution in [3.8, 4) is 16.9 Å². The van der Waals surface area contributed by atoms with Crippen molar-refractivity contribution in [1.82, 2.24) is 9.78 Å². The maximum absolute atomic E-state index is 15.7. The first kappa shape index (κ1) is 16.5. The minimum absolute atomic E-state index is 0.0278. The summed E-state index contributed by atoms with van der Waals surface area (Å²) in [7, 11) is 0. The zero-order valence-electron chi connectivity index (χ0n) is 15.9. The van der Waals surface area contributed by atoms with E-state index in [2.05, 4.69) is 5.10 Å². The molecule has 6 rings (SSSR count). The molecule has 2 fully saturated rings. The van der Waals surface area contributed by atoms with Gasteiger partial charge in [0.25, 0.3) is 0 Å². The first-order valence-corrected chi connectivity index (χ1v) is 9.91. The zero-order chi connectivity index (χ0) is 19.3. The lowest BCUT2D eigenvalue weighted by Crippen LogP contribution is -2.71. The fourth-order valence-electron chi connectivity index (χ4n) is 5.17. The lowest BCUT2D eigenvalue weighted by molar-refractivity contribution is -0.303. The second-order valence-corrected chi connectivity index (χ2v) is 8.59. The number of ether oxygens (including phenoxy) is 2. The molecule has 4 heterocycles. The van der Waals surface area contributed by atoms with Crippen LogP contribution in [0.4, 0.5) is 10.1 Å². The summed E-state index contributed by atoms with van der Waals surface area (Å²) in [5.74, 6) is 0.562. The van der Waals surface area contributed by atoms with E-state index in [4.69, 9.17) is 9.47 Å².